The second-order valence-electron chi connectivity index (χ2n) is 6.91. The van der Waals surface area contributed by atoms with Crippen LogP contribution in [0.15, 0.2) is 48.5 Å². The van der Waals surface area contributed by atoms with E-state index < -0.39 is 12.1 Å². The molecule has 0 saturated heterocycles. The second kappa shape index (κ2) is 7.38. The molecule has 2 aromatic carbocycles. The Morgan fingerprint density at radius 1 is 1.00 bits per heavy atom. The third-order valence-corrected chi connectivity index (χ3v) is 3.80. The number of hydrogen-bond donors (Lipinski definition) is 2. The van der Waals surface area contributed by atoms with Gasteiger partial charge in [0.2, 0.25) is 0 Å². The molecule has 5 nitrogen and oxygen atoms in total. The maximum atomic E-state index is 12.2. The molecular weight excluding hydrogens is 318 g/mol. The maximum absolute atomic E-state index is 12.2. The average Bonchev–Trinajstić information content (AvgIpc) is 2.55. The SMILES string of the molecule is CC(Oc1ccc(C(C)(C)C)cc1)C(=O)Nc1ccc(C(=O)O)cc1. The standard InChI is InChI=1S/C20H23NO4/c1-13(25-17-11-7-15(8-12-17)20(2,3)4)18(22)21-16-9-5-14(6-10-16)19(23)24/h5-13H,1-4H3,(H,21,22)(H,23,24). The maximum Gasteiger partial charge on any atom is 0.335 e. The predicted molar refractivity (Wildman–Crippen MR) is 97.3 cm³/mol. The van der Waals surface area contributed by atoms with Crippen LogP contribution in [-0.2, 0) is 10.2 Å². The van der Waals surface area contributed by atoms with Crippen molar-refractivity contribution in [3.8, 4) is 5.75 Å². The van der Waals surface area contributed by atoms with Gasteiger partial charge in [-0.1, -0.05) is 32.9 Å². The summed E-state index contributed by atoms with van der Waals surface area (Å²) in [4.78, 5) is 23.0. The molecule has 0 aliphatic heterocycles. The van der Waals surface area contributed by atoms with Crippen molar-refractivity contribution < 1.29 is 19.4 Å². The third-order valence-electron chi connectivity index (χ3n) is 3.80. The van der Waals surface area contributed by atoms with Gasteiger partial charge in [0.25, 0.3) is 5.91 Å². The van der Waals surface area contributed by atoms with Crippen molar-refractivity contribution in [3.05, 3.63) is 59.7 Å². The first-order valence-corrected chi connectivity index (χ1v) is 8.08. The van der Waals surface area contributed by atoms with Crippen LogP contribution in [0.25, 0.3) is 0 Å². The number of anilines is 1. The molecule has 0 saturated carbocycles. The highest BCUT2D eigenvalue weighted by Gasteiger charge is 2.17. The number of rotatable bonds is 5. The summed E-state index contributed by atoms with van der Waals surface area (Å²) in [7, 11) is 0. The van der Waals surface area contributed by atoms with E-state index in [1.165, 1.54) is 17.7 Å². The molecule has 0 aliphatic rings. The molecular formula is C20H23NO4. The summed E-state index contributed by atoms with van der Waals surface area (Å²) in [6, 6.07) is 13.7. The van der Waals surface area contributed by atoms with Crippen molar-refractivity contribution >= 4 is 17.6 Å². The molecule has 2 N–H and O–H groups in total. The molecule has 1 atom stereocenters. The molecule has 2 rings (SSSR count). The number of carboxylic acid groups (broad SMARTS) is 1. The zero-order valence-corrected chi connectivity index (χ0v) is 14.9. The highest BCUT2D eigenvalue weighted by atomic mass is 16.5. The monoisotopic (exact) mass is 341 g/mol. The highest BCUT2D eigenvalue weighted by Crippen LogP contribution is 2.24. The van der Waals surface area contributed by atoms with Crippen molar-refractivity contribution in [1.29, 1.82) is 0 Å². The molecule has 0 bridgehead atoms. The minimum Gasteiger partial charge on any atom is -0.481 e. The Hall–Kier alpha value is -2.82. The van der Waals surface area contributed by atoms with Crippen molar-refractivity contribution in [2.45, 2.75) is 39.2 Å². The van der Waals surface area contributed by atoms with E-state index in [0.29, 0.717) is 11.4 Å². The van der Waals surface area contributed by atoms with E-state index in [0.717, 1.165) is 0 Å². The Morgan fingerprint density at radius 3 is 2.04 bits per heavy atom. The Bertz CT molecular complexity index is 743. The molecule has 5 heteroatoms. The predicted octanol–water partition coefficient (Wildman–Crippen LogP) is 4.09. The van der Waals surface area contributed by atoms with Gasteiger partial charge < -0.3 is 15.2 Å². The van der Waals surface area contributed by atoms with Crippen LogP contribution in [0.1, 0.15) is 43.6 Å². The van der Waals surface area contributed by atoms with Crippen LogP contribution < -0.4 is 10.1 Å². The number of hydrogen-bond acceptors (Lipinski definition) is 3. The Morgan fingerprint density at radius 2 is 1.56 bits per heavy atom. The van der Waals surface area contributed by atoms with E-state index in [1.807, 2.05) is 24.3 Å². The van der Waals surface area contributed by atoms with Crippen LogP contribution in [0.3, 0.4) is 0 Å². The van der Waals surface area contributed by atoms with Gasteiger partial charge in [0.15, 0.2) is 6.10 Å². The van der Waals surface area contributed by atoms with Gasteiger partial charge in [0.1, 0.15) is 5.75 Å². The summed E-state index contributed by atoms with van der Waals surface area (Å²) in [5.74, 6) is -0.687. The van der Waals surface area contributed by atoms with Crippen molar-refractivity contribution in [1.82, 2.24) is 0 Å². The van der Waals surface area contributed by atoms with Crippen LogP contribution in [0.4, 0.5) is 5.69 Å². The molecule has 1 unspecified atom stereocenters. The Kier molecular flexibility index (Phi) is 5.47. The summed E-state index contributed by atoms with van der Waals surface area (Å²) < 4.78 is 5.67. The first-order valence-electron chi connectivity index (χ1n) is 8.08. The number of ether oxygens (including phenoxy) is 1. The van der Waals surface area contributed by atoms with Gasteiger partial charge in [0, 0.05) is 5.69 Å². The van der Waals surface area contributed by atoms with Gasteiger partial charge in [0.05, 0.1) is 5.56 Å². The first kappa shape index (κ1) is 18.5. The molecule has 0 radical (unpaired) electrons. The molecule has 1 amide bonds. The fraction of sp³-hybridized carbons (Fsp3) is 0.300. The molecule has 0 spiro atoms. The van der Waals surface area contributed by atoms with Crippen molar-refractivity contribution in [2.24, 2.45) is 0 Å². The van der Waals surface area contributed by atoms with Crippen LogP contribution >= 0.6 is 0 Å². The summed E-state index contributed by atoms with van der Waals surface area (Å²) in [5.41, 5.74) is 1.94. The number of carbonyl (C=O) groups is 2. The minimum absolute atomic E-state index is 0.0592. The van der Waals surface area contributed by atoms with E-state index in [1.54, 1.807) is 19.1 Å². The molecule has 0 aromatic heterocycles. The zero-order valence-electron chi connectivity index (χ0n) is 14.9. The number of aromatic carboxylic acids is 1. The Balaban J connectivity index is 1.96. The van der Waals surface area contributed by atoms with E-state index in [9.17, 15) is 9.59 Å². The van der Waals surface area contributed by atoms with Gasteiger partial charge >= 0.3 is 5.97 Å². The van der Waals surface area contributed by atoms with Crippen LogP contribution in [-0.4, -0.2) is 23.1 Å². The highest BCUT2D eigenvalue weighted by molar-refractivity contribution is 5.95. The summed E-state index contributed by atoms with van der Waals surface area (Å²) in [6.45, 7) is 8.07. The quantitative estimate of drug-likeness (QED) is 0.859. The molecule has 25 heavy (non-hydrogen) atoms. The van der Waals surface area contributed by atoms with Gasteiger partial charge in [-0.05, 0) is 54.3 Å². The number of benzene rings is 2. The summed E-state index contributed by atoms with van der Waals surface area (Å²) >= 11 is 0. The fourth-order valence-corrected chi connectivity index (χ4v) is 2.23. The van der Waals surface area contributed by atoms with E-state index >= 15 is 0 Å². The minimum atomic E-state index is -1.01. The Labute approximate surface area is 147 Å². The lowest BCUT2D eigenvalue weighted by atomic mass is 9.87. The van der Waals surface area contributed by atoms with E-state index in [4.69, 9.17) is 9.84 Å². The number of carbonyl (C=O) groups excluding carboxylic acids is 1. The smallest absolute Gasteiger partial charge is 0.335 e. The number of nitrogens with one attached hydrogen (secondary N) is 1. The van der Waals surface area contributed by atoms with E-state index in [-0.39, 0.29) is 16.9 Å². The molecule has 0 aliphatic carbocycles. The van der Waals surface area contributed by atoms with Gasteiger partial charge in [-0.15, -0.1) is 0 Å². The fourth-order valence-electron chi connectivity index (χ4n) is 2.23. The molecule has 0 fully saturated rings. The lowest BCUT2D eigenvalue weighted by Crippen LogP contribution is -2.30. The lowest BCUT2D eigenvalue weighted by Gasteiger charge is -2.20. The number of carboxylic acids is 1. The molecule has 2 aromatic rings. The molecule has 0 heterocycles. The molecule has 132 valence electrons. The van der Waals surface area contributed by atoms with Gasteiger partial charge in [-0.3, -0.25) is 4.79 Å². The summed E-state index contributed by atoms with van der Waals surface area (Å²) in [5, 5.41) is 11.6. The van der Waals surface area contributed by atoms with Gasteiger partial charge in [-0.2, -0.15) is 0 Å². The largest absolute Gasteiger partial charge is 0.481 e. The zero-order chi connectivity index (χ0) is 18.6. The summed E-state index contributed by atoms with van der Waals surface area (Å²) in [6.07, 6.45) is -0.681. The third kappa shape index (κ3) is 5.08. The lowest BCUT2D eigenvalue weighted by molar-refractivity contribution is -0.122. The van der Waals surface area contributed by atoms with Gasteiger partial charge in [-0.25, -0.2) is 4.79 Å². The average molecular weight is 341 g/mol. The number of amides is 1. The van der Waals surface area contributed by atoms with Crippen molar-refractivity contribution in [3.63, 3.8) is 0 Å². The normalized spacial score (nSPS) is 12.3. The van der Waals surface area contributed by atoms with Crippen LogP contribution in [0, 0.1) is 0 Å². The topological polar surface area (TPSA) is 75.6 Å². The first-order chi connectivity index (χ1) is 11.7. The van der Waals surface area contributed by atoms with E-state index in [2.05, 4.69) is 26.1 Å². The van der Waals surface area contributed by atoms with Crippen molar-refractivity contribution in [2.75, 3.05) is 5.32 Å². The van der Waals surface area contributed by atoms with Crippen LogP contribution in [0.5, 0.6) is 5.75 Å². The van der Waals surface area contributed by atoms with Crippen LogP contribution in [0.2, 0.25) is 0 Å². The second-order valence-corrected chi connectivity index (χ2v) is 6.91.